The van der Waals surface area contributed by atoms with Crippen molar-refractivity contribution >= 4 is 38.9 Å². The van der Waals surface area contributed by atoms with Crippen molar-refractivity contribution in [1.82, 2.24) is 18.7 Å². The van der Waals surface area contributed by atoms with Crippen LogP contribution in [0.4, 0.5) is 5.69 Å². The first-order valence-electron chi connectivity index (χ1n) is 13.7. The number of aryl methyl sites for hydroxylation is 2. The van der Waals surface area contributed by atoms with Crippen molar-refractivity contribution in [3.05, 3.63) is 83.3 Å². The number of hydrogen-bond donors (Lipinski definition) is 2. The van der Waals surface area contributed by atoms with E-state index in [1.54, 1.807) is 26.2 Å². The largest absolute Gasteiger partial charge is 0.493 e. The van der Waals surface area contributed by atoms with Gasteiger partial charge in [0.05, 0.1) is 22.4 Å². The van der Waals surface area contributed by atoms with Gasteiger partial charge in [0, 0.05) is 24.8 Å². The number of nitrogens with zero attached hydrogens (tertiary/aromatic N) is 4. The Hall–Kier alpha value is -3.66. The molecule has 10 heteroatoms. The number of aliphatic imine (C=N–C) groups is 1. The second-order valence-electron chi connectivity index (χ2n) is 12.0. The molecule has 2 aromatic heterocycles. The molecule has 2 aromatic carbocycles. The van der Waals surface area contributed by atoms with Crippen molar-refractivity contribution in [3.63, 3.8) is 0 Å². The number of aromatic nitrogens is 4. The first-order chi connectivity index (χ1) is 19.1. The molecular weight excluding hydrogens is 574 g/mol. The maximum Gasteiger partial charge on any atom is 0.335 e. The highest BCUT2D eigenvalue weighted by molar-refractivity contribution is 9.10. The predicted octanol–water partition coefficient (Wildman–Crippen LogP) is 4.40. The number of aromatic amines is 1. The highest BCUT2D eigenvalue weighted by Crippen LogP contribution is 2.60. The first kappa shape index (κ1) is 25.3. The smallest absolute Gasteiger partial charge is 0.335 e. The average molecular weight is 605 g/mol. The van der Waals surface area contributed by atoms with Crippen LogP contribution in [0.2, 0.25) is 0 Å². The molecular formula is C30H30BrN5O4. The lowest BCUT2D eigenvalue weighted by Crippen LogP contribution is -2.48. The van der Waals surface area contributed by atoms with E-state index in [9.17, 15) is 19.5 Å². The molecule has 4 aromatic rings. The normalized spacial score (nSPS) is 25.4. The predicted molar refractivity (Wildman–Crippen MR) is 157 cm³/mol. The van der Waals surface area contributed by atoms with Crippen LogP contribution in [0.3, 0.4) is 0 Å². The van der Waals surface area contributed by atoms with Crippen LogP contribution in [0.1, 0.15) is 49.7 Å². The van der Waals surface area contributed by atoms with E-state index < -0.39 is 17.1 Å². The average Bonchev–Trinajstić information content (AvgIpc) is 3.11. The van der Waals surface area contributed by atoms with Crippen LogP contribution >= 0.6 is 15.9 Å². The Bertz CT molecular complexity index is 1860. The van der Waals surface area contributed by atoms with Gasteiger partial charge in [-0.1, -0.05) is 12.1 Å². The Morgan fingerprint density at radius 3 is 2.12 bits per heavy atom. The van der Waals surface area contributed by atoms with E-state index in [4.69, 9.17) is 0 Å². The fourth-order valence-corrected chi connectivity index (χ4v) is 8.50. The molecule has 0 amide bonds. The number of fused-ring (bicyclic) bond motifs is 1. The second kappa shape index (κ2) is 8.92. The number of nitrogens with one attached hydrogen (secondary N) is 1. The Kier molecular flexibility index (Phi) is 5.65. The van der Waals surface area contributed by atoms with Gasteiger partial charge in [-0.05, 0) is 107 Å². The second-order valence-corrected chi connectivity index (χ2v) is 12.9. The van der Waals surface area contributed by atoms with Crippen LogP contribution in [0, 0.1) is 17.8 Å². The fraction of sp³-hybridized carbons (Fsp3) is 0.400. The molecule has 40 heavy (non-hydrogen) atoms. The number of hydrogen-bond acceptors (Lipinski definition) is 5. The first-order valence-corrected chi connectivity index (χ1v) is 14.5. The van der Waals surface area contributed by atoms with E-state index in [0.29, 0.717) is 21.4 Å². The molecule has 8 rings (SSSR count). The lowest BCUT2D eigenvalue weighted by atomic mass is 9.48. The highest BCUT2D eigenvalue weighted by Gasteiger charge is 2.51. The zero-order chi connectivity index (χ0) is 27.9. The maximum absolute atomic E-state index is 12.8. The molecule has 0 aliphatic heterocycles. The maximum atomic E-state index is 12.8. The molecule has 206 valence electrons. The molecule has 0 spiro atoms. The topological polar surface area (TPSA) is 114 Å². The molecule has 0 atom stereocenters. The van der Waals surface area contributed by atoms with Crippen LogP contribution in [-0.4, -0.2) is 30.0 Å². The summed E-state index contributed by atoms with van der Waals surface area (Å²) in [4.78, 5) is 44.6. The van der Waals surface area contributed by atoms with E-state index in [-0.39, 0.29) is 16.7 Å². The van der Waals surface area contributed by atoms with Crippen molar-refractivity contribution in [2.45, 2.75) is 43.9 Å². The fourth-order valence-electron chi connectivity index (χ4n) is 8.06. The van der Waals surface area contributed by atoms with Gasteiger partial charge in [-0.3, -0.25) is 23.9 Å². The Labute approximate surface area is 237 Å². The molecule has 4 aliphatic rings. The van der Waals surface area contributed by atoms with E-state index in [1.165, 1.54) is 59.4 Å². The number of benzene rings is 2. The van der Waals surface area contributed by atoms with Gasteiger partial charge in [-0.15, -0.1) is 0 Å². The number of aromatic hydroxyl groups is 1. The highest BCUT2D eigenvalue weighted by atomic mass is 79.9. The van der Waals surface area contributed by atoms with Crippen molar-refractivity contribution in [2.24, 2.45) is 36.8 Å². The summed E-state index contributed by atoms with van der Waals surface area (Å²) >= 11 is 3.48. The third-order valence-corrected chi connectivity index (χ3v) is 10.2. The van der Waals surface area contributed by atoms with E-state index >= 15 is 0 Å². The summed E-state index contributed by atoms with van der Waals surface area (Å²) in [6.45, 7) is 0. The third-order valence-electron chi connectivity index (χ3n) is 9.57. The van der Waals surface area contributed by atoms with Crippen LogP contribution in [0.25, 0.3) is 16.7 Å². The van der Waals surface area contributed by atoms with Crippen molar-refractivity contribution in [1.29, 1.82) is 0 Å². The Morgan fingerprint density at radius 2 is 1.52 bits per heavy atom. The molecule has 9 nitrogen and oxygen atoms in total. The molecule has 4 fully saturated rings. The van der Waals surface area contributed by atoms with Gasteiger partial charge in [-0.2, -0.15) is 0 Å². The van der Waals surface area contributed by atoms with Crippen LogP contribution < -0.4 is 16.9 Å². The molecule has 0 saturated heterocycles. The minimum absolute atomic E-state index is 0.140. The molecule has 4 bridgehead atoms. The van der Waals surface area contributed by atoms with E-state index in [2.05, 4.69) is 38.0 Å². The minimum atomic E-state index is -0.739. The Balaban J connectivity index is 1.24. The molecule has 4 saturated carbocycles. The monoisotopic (exact) mass is 603 g/mol. The van der Waals surface area contributed by atoms with Gasteiger partial charge in [0.25, 0.3) is 5.56 Å². The Morgan fingerprint density at radius 1 is 0.950 bits per heavy atom. The summed E-state index contributed by atoms with van der Waals surface area (Å²) in [6, 6.07) is 11.4. The molecule has 0 unspecified atom stereocenters. The lowest BCUT2D eigenvalue weighted by Gasteiger charge is -2.57. The van der Waals surface area contributed by atoms with Gasteiger partial charge in [-0.25, -0.2) is 14.2 Å². The van der Waals surface area contributed by atoms with Crippen LogP contribution in [0.15, 0.2) is 60.2 Å². The third kappa shape index (κ3) is 3.79. The summed E-state index contributed by atoms with van der Waals surface area (Å²) in [5.41, 5.74) is 2.10. The minimum Gasteiger partial charge on any atom is -0.493 e. The van der Waals surface area contributed by atoms with Gasteiger partial charge in [0.15, 0.2) is 0 Å². The van der Waals surface area contributed by atoms with Gasteiger partial charge in [0.2, 0.25) is 5.88 Å². The van der Waals surface area contributed by atoms with Crippen molar-refractivity contribution < 1.29 is 5.11 Å². The van der Waals surface area contributed by atoms with Crippen LogP contribution in [0.5, 0.6) is 5.88 Å². The zero-order valence-electron chi connectivity index (χ0n) is 22.4. The SMILES string of the molecule is Cn1c(=O)n(C)c2cc(N=Cc3c(O)n(-c4ccc(C56CC7CC(CC(C7)C5)C6)cc4)c(=O)[nH]c3=O)c(Br)cc21. The van der Waals surface area contributed by atoms with Gasteiger partial charge >= 0.3 is 11.4 Å². The molecule has 2 heterocycles. The van der Waals surface area contributed by atoms with Crippen molar-refractivity contribution in [3.8, 4) is 11.6 Å². The number of halogens is 1. The van der Waals surface area contributed by atoms with E-state index in [1.807, 2.05) is 12.1 Å². The van der Waals surface area contributed by atoms with Gasteiger partial charge in [0.1, 0.15) is 5.56 Å². The number of H-pyrrole nitrogens is 1. The summed E-state index contributed by atoms with van der Waals surface area (Å²) < 4.78 is 4.76. The summed E-state index contributed by atoms with van der Waals surface area (Å²) in [5, 5.41) is 11.1. The van der Waals surface area contributed by atoms with E-state index in [0.717, 1.165) is 27.8 Å². The summed E-state index contributed by atoms with van der Waals surface area (Å²) in [7, 11) is 3.36. The summed E-state index contributed by atoms with van der Waals surface area (Å²) in [5.74, 6) is 1.99. The quantitative estimate of drug-likeness (QED) is 0.336. The lowest BCUT2D eigenvalue weighted by molar-refractivity contribution is -0.00518. The van der Waals surface area contributed by atoms with Crippen LogP contribution in [-0.2, 0) is 19.5 Å². The number of imidazole rings is 1. The van der Waals surface area contributed by atoms with Crippen molar-refractivity contribution in [2.75, 3.05) is 0 Å². The molecule has 0 radical (unpaired) electrons. The standard InChI is InChI=1S/C30H30BrN5O4/c1-34-24-10-22(31)23(11-25(24)35(2)29(34)40)32-15-21-26(37)33-28(39)36(27(21)38)20-5-3-19(4-6-20)30-12-16-7-17(13-30)9-18(8-16)14-30/h3-6,10-11,15-18,38H,7-9,12-14H2,1-2H3,(H,33,37,39). The number of rotatable bonds is 4. The summed E-state index contributed by atoms with van der Waals surface area (Å²) in [6.07, 6.45) is 9.06. The van der Waals surface area contributed by atoms with Gasteiger partial charge < -0.3 is 5.11 Å². The molecule has 4 aliphatic carbocycles. The zero-order valence-corrected chi connectivity index (χ0v) is 23.9. The molecule has 2 N–H and O–H groups in total.